The lowest BCUT2D eigenvalue weighted by molar-refractivity contribution is -0.124. The van der Waals surface area contributed by atoms with Crippen molar-refractivity contribution < 1.29 is 72.5 Å². The van der Waals surface area contributed by atoms with Crippen molar-refractivity contribution >= 4 is 35.4 Å². The van der Waals surface area contributed by atoms with E-state index in [9.17, 15) is 44.1 Å². The van der Waals surface area contributed by atoms with Gasteiger partial charge in [0.25, 0.3) is 17.7 Å². The van der Waals surface area contributed by atoms with Crippen molar-refractivity contribution in [1.29, 1.82) is 0 Å². The first kappa shape index (κ1) is 97.4. The number of aliphatic hydroxyl groups excluding tert-OH is 3. The summed E-state index contributed by atoms with van der Waals surface area (Å²) in [5.74, 6) is 3.09. The van der Waals surface area contributed by atoms with Gasteiger partial charge in [0.15, 0.2) is 17.1 Å². The number of nitrogens with zero attached hydrogens (tertiary/aromatic N) is 6. The molecule has 0 spiro atoms. The maximum atomic E-state index is 13.7. The number of methoxy groups -OCH3 is 6. The van der Waals surface area contributed by atoms with Gasteiger partial charge in [0, 0.05) is 45.2 Å². The molecule has 1 aliphatic carbocycles. The van der Waals surface area contributed by atoms with Crippen molar-refractivity contribution in [3.8, 4) is 68.3 Å². The number of carbonyl (C=O) groups excluding carboxylic acids is 6. The average Bonchev–Trinajstić information content (AvgIpc) is 1.55. The number of hydrogen-bond donors (Lipinski definition) is 9. The molecule has 9 rings (SSSR count). The first-order valence-corrected chi connectivity index (χ1v) is 43.1. The van der Waals surface area contributed by atoms with E-state index in [1.807, 2.05) is 152 Å². The molecule has 3 heterocycles. The Labute approximate surface area is 715 Å². The van der Waals surface area contributed by atoms with E-state index in [1.54, 1.807) is 65.5 Å². The second-order valence-corrected chi connectivity index (χ2v) is 31.8. The Hall–Kier alpha value is -10.8. The van der Waals surface area contributed by atoms with E-state index in [0.717, 1.165) is 48.1 Å². The van der Waals surface area contributed by atoms with E-state index in [4.69, 9.17) is 38.6 Å². The fraction of sp³-hybridized carbons (Fsp3) is 0.521. The molecule has 0 bridgehead atoms. The van der Waals surface area contributed by atoms with Crippen LogP contribution in [0.15, 0.2) is 133 Å². The zero-order chi connectivity index (χ0) is 88.1. The van der Waals surface area contributed by atoms with Crippen LogP contribution in [0.2, 0.25) is 0 Å². The van der Waals surface area contributed by atoms with Crippen LogP contribution in [0.1, 0.15) is 214 Å². The first-order valence-electron chi connectivity index (χ1n) is 43.1. The number of rotatable bonds is 45. The Morgan fingerprint density at radius 3 is 1.19 bits per heavy atom. The molecule has 121 heavy (non-hydrogen) atoms. The van der Waals surface area contributed by atoms with Gasteiger partial charge in [0.1, 0.15) is 46.6 Å². The molecule has 27 nitrogen and oxygen atoms in total. The second-order valence-electron chi connectivity index (χ2n) is 31.8. The van der Waals surface area contributed by atoms with Gasteiger partial charge in [-0.25, -0.2) is 0 Å². The number of nitrogens with one attached hydrogen (secondary N) is 6. The normalized spacial score (nSPS) is 13.8. The molecular formula is C94H134N12O15. The van der Waals surface area contributed by atoms with Crippen LogP contribution >= 0.6 is 0 Å². The summed E-state index contributed by atoms with van der Waals surface area (Å²) < 4.78 is 39.3. The Morgan fingerprint density at radius 2 is 0.810 bits per heavy atom. The SMILES string of the molecule is CCC(O)CNC(=O)C[C@H](CCC1CCCCC1)NC(=O)c1cc(-c2c(OC)cccc2OC)n(CC(CC)CC)n1.CCC(O)CNC(=O)[C@H](CCc1ccccc1)NC(=O)c1cc(-c2c(OC)cccc2OC)n(C(C)C(C)C)n1.CCC(O)CNC(=O)[C@H](CCc1ccccc1)NC(=O)c1cc(-c2c(OC)cccc2OC)n(CC(C)C)n1. The number of hydrogen-bond acceptors (Lipinski definition) is 18. The molecule has 1 aliphatic rings. The smallest absolute Gasteiger partial charge is 0.272 e. The zero-order valence-electron chi connectivity index (χ0n) is 74.0. The van der Waals surface area contributed by atoms with Crippen molar-refractivity contribution in [2.24, 2.45) is 23.7 Å². The summed E-state index contributed by atoms with van der Waals surface area (Å²) in [5, 5.41) is 61.1. The highest BCUT2D eigenvalue weighted by Gasteiger charge is 2.32. The molecule has 0 aliphatic heterocycles. The van der Waals surface area contributed by atoms with Crippen molar-refractivity contribution in [2.45, 2.75) is 234 Å². The molecule has 6 amide bonds. The van der Waals surface area contributed by atoms with Crippen LogP contribution in [0, 0.1) is 23.7 Å². The van der Waals surface area contributed by atoms with Crippen molar-refractivity contribution in [2.75, 3.05) is 62.3 Å². The molecule has 9 N–H and O–H groups in total. The van der Waals surface area contributed by atoms with E-state index in [0.29, 0.717) is 133 Å². The summed E-state index contributed by atoms with van der Waals surface area (Å²) >= 11 is 0. The summed E-state index contributed by atoms with van der Waals surface area (Å²) in [4.78, 5) is 79.7. The van der Waals surface area contributed by atoms with Crippen LogP contribution < -0.4 is 60.3 Å². The van der Waals surface area contributed by atoms with Crippen molar-refractivity contribution in [1.82, 2.24) is 61.2 Å². The molecule has 27 heteroatoms. The molecule has 3 aromatic heterocycles. The van der Waals surface area contributed by atoms with Gasteiger partial charge in [0.05, 0.1) is 101 Å². The van der Waals surface area contributed by atoms with Gasteiger partial charge in [0.2, 0.25) is 17.7 Å². The van der Waals surface area contributed by atoms with Crippen molar-refractivity contribution in [3.05, 3.63) is 162 Å². The Kier molecular flexibility index (Phi) is 40.6. The maximum Gasteiger partial charge on any atom is 0.272 e. The number of carbonyl (C=O) groups is 6. The van der Waals surface area contributed by atoms with Gasteiger partial charge in [-0.3, -0.25) is 42.8 Å². The largest absolute Gasteiger partial charge is 0.496 e. The standard InChI is InChI=1S/C33H52N4O5.C31H42N4O5.C30H40N4O5/c1-6-23(7-2)22-37-28(32-29(41-4)15-12-16-30(32)42-5)20-27(36-37)33(40)35-25(18-17-24-13-10-9-11-14-24)19-31(39)34-21-26(38)8-3;1-7-23(36)19-32-30(37)24(17-16-22-12-9-8-10-13-22)33-31(38)25-18-26(35(34-25)21(4)20(2)3)29-27(39-5)14-11-15-28(29)40-6;1-6-22(35)18-31-29(36)23(16-15-21-11-8-7-9-12-21)32-30(37)24-17-25(34(33-24)19-20(2)3)28-26(38-4)13-10-14-27(28)39-5/h12,15-16,20,23-26,38H,6-11,13-14,17-19,21-22H2,1-5H3,(H,34,39)(H,35,40);8-15,18,20-21,23-24,36H,7,16-17,19H2,1-6H3,(H,32,37)(H,33,38);7-14,17,20,22-23,35H,6,15-16,18-19H2,1-5H3,(H,31,36)(H,32,37)/t25-,26?;21?,23?,24-;22?,23-/m000/s1. The van der Waals surface area contributed by atoms with Gasteiger partial charge in [-0.05, 0) is 154 Å². The predicted molar refractivity (Wildman–Crippen MR) is 472 cm³/mol. The molecule has 4 unspecified atom stereocenters. The average molecular weight is 1670 g/mol. The lowest BCUT2D eigenvalue weighted by Crippen LogP contribution is -2.48. The third-order valence-corrected chi connectivity index (χ3v) is 22.3. The summed E-state index contributed by atoms with van der Waals surface area (Å²) in [6.07, 6.45) is 11.8. The quantitative estimate of drug-likeness (QED) is 0.0171. The topological polar surface area (TPSA) is 344 Å². The molecule has 8 aromatic rings. The Morgan fingerprint density at radius 1 is 0.438 bits per heavy atom. The van der Waals surface area contributed by atoms with Crippen LogP contribution in [0.3, 0.4) is 0 Å². The van der Waals surface area contributed by atoms with Crippen LogP contribution in [0.5, 0.6) is 34.5 Å². The number of amides is 6. The van der Waals surface area contributed by atoms with Gasteiger partial charge in [-0.1, -0.05) is 186 Å². The maximum absolute atomic E-state index is 13.7. The summed E-state index contributed by atoms with van der Waals surface area (Å²) in [6, 6.07) is 39.4. The Balaban J connectivity index is 0.000000250. The highest BCUT2D eigenvalue weighted by molar-refractivity contribution is 5.99. The summed E-state index contributed by atoms with van der Waals surface area (Å²) in [7, 11) is 9.58. The van der Waals surface area contributed by atoms with E-state index >= 15 is 0 Å². The predicted octanol–water partition coefficient (Wildman–Crippen LogP) is 14.0. The van der Waals surface area contributed by atoms with Crippen LogP contribution in [-0.2, 0) is 40.3 Å². The molecular weight excluding hydrogens is 1540 g/mol. The molecule has 7 atom stereocenters. The number of aliphatic hydroxyl groups is 3. The molecule has 0 saturated heterocycles. The first-order chi connectivity index (χ1) is 58.3. The van der Waals surface area contributed by atoms with Crippen molar-refractivity contribution in [3.63, 3.8) is 0 Å². The van der Waals surface area contributed by atoms with Crippen LogP contribution in [0.25, 0.3) is 33.8 Å². The lowest BCUT2D eigenvalue weighted by Gasteiger charge is -2.24. The minimum absolute atomic E-state index is 0.0427. The third kappa shape index (κ3) is 29.2. The van der Waals surface area contributed by atoms with E-state index in [1.165, 1.54) is 32.1 Å². The highest BCUT2D eigenvalue weighted by atomic mass is 16.5. The highest BCUT2D eigenvalue weighted by Crippen LogP contribution is 2.43. The fourth-order valence-electron chi connectivity index (χ4n) is 14.4. The molecule has 1 fully saturated rings. The molecule has 0 radical (unpaired) electrons. The van der Waals surface area contributed by atoms with E-state index < -0.39 is 42.2 Å². The Bertz CT molecular complexity index is 4430. The van der Waals surface area contributed by atoms with Gasteiger partial charge in [-0.15, -0.1) is 0 Å². The minimum Gasteiger partial charge on any atom is -0.496 e. The van der Waals surface area contributed by atoms with Gasteiger partial charge >= 0.3 is 0 Å². The number of aromatic nitrogens is 6. The van der Waals surface area contributed by atoms with Gasteiger partial charge in [-0.2, -0.15) is 15.3 Å². The third-order valence-electron chi connectivity index (χ3n) is 22.3. The number of aryl methyl sites for hydroxylation is 2. The number of benzene rings is 5. The monoisotopic (exact) mass is 1670 g/mol. The molecule has 660 valence electrons. The second kappa shape index (κ2) is 50.5. The zero-order valence-corrected chi connectivity index (χ0v) is 74.0. The fourth-order valence-corrected chi connectivity index (χ4v) is 14.4. The van der Waals surface area contributed by atoms with E-state index in [2.05, 4.69) is 78.5 Å². The minimum atomic E-state index is -0.811. The molecule has 1 saturated carbocycles. The molecule has 5 aromatic carbocycles. The lowest BCUT2D eigenvalue weighted by atomic mass is 9.85. The summed E-state index contributed by atoms with van der Waals surface area (Å²) in [6.45, 7) is 21.9. The van der Waals surface area contributed by atoms with Crippen LogP contribution in [-0.4, -0.2) is 179 Å². The van der Waals surface area contributed by atoms with Crippen LogP contribution in [0.4, 0.5) is 0 Å². The number of ether oxygens (including phenoxy) is 6. The van der Waals surface area contributed by atoms with E-state index in [-0.39, 0.29) is 85.0 Å². The summed E-state index contributed by atoms with van der Waals surface area (Å²) in [5.41, 5.74) is 7.04. The van der Waals surface area contributed by atoms with Gasteiger partial charge < -0.3 is 75.6 Å².